The molecule has 5 heteroatoms. The first-order valence-electron chi connectivity index (χ1n) is 8.50. The van der Waals surface area contributed by atoms with E-state index in [1.165, 1.54) is 0 Å². The third-order valence-corrected chi connectivity index (χ3v) is 4.73. The predicted octanol–water partition coefficient (Wildman–Crippen LogP) is 4.18. The molecule has 0 amide bonds. The van der Waals surface area contributed by atoms with Crippen molar-refractivity contribution in [3.8, 4) is 5.75 Å². The van der Waals surface area contributed by atoms with Crippen molar-refractivity contribution in [2.24, 2.45) is 0 Å². The fourth-order valence-corrected chi connectivity index (χ4v) is 2.38. The Hall–Kier alpha value is -1.30. The molecule has 1 aliphatic rings. The molecule has 0 N–H and O–H groups in total. The van der Waals surface area contributed by atoms with Crippen LogP contribution in [0.3, 0.4) is 0 Å². The van der Waals surface area contributed by atoms with Gasteiger partial charge in [0.25, 0.3) is 0 Å². The minimum atomic E-state index is -0.293. The topological polar surface area (TPSA) is 36.9 Å². The van der Waals surface area contributed by atoms with Gasteiger partial charge in [0.1, 0.15) is 5.75 Å². The van der Waals surface area contributed by atoms with Crippen LogP contribution in [0.5, 0.6) is 5.75 Å². The van der Waals surface area contributed by atoms with Crippen molar-refractivity contribution >= 4 is 7.12 Å². The lowest BCUT2D eigenvalue weighted by molar-refractivity contribution is 0.00578. The highest BCUT2D eigenvalue weighted by atomic mass is 16.7. The van der Waals surface area contributed by atoms with Gasteiger partial charge in [0.2, 0.25) is 0 Å². The second-order valence-corrected chi connectivity index (χ2v) is 7.26. The molecule has 1 aliphatic heterocycles. The molecule has 1 heterocycles. The summed E-state index contributed by atoms with van der Waals surface area (Å²) in [6.07, 6.45) is 3.02. The van der Waals surface area contributed by atoms with Gasteiger partial charge < -0.3 is 18.8 Å². The normalized spacial score (nSPS) is 20.5. The molecule has 1 aromatic carbocycles. The van der Waals surface area contributed by atoms with Gasteiger partial charge in [0.05, 0.1) is 31.0 Å². The Kier molecular flexibility index (Phi) is 6.13. The first kappa shape index (κ1) is 19.0. The van der Waals surface area contributed by atoms with Gasteiger partial charge in [0, 0.05) is 0 Å². The van der Waals surface area contributed by atoms with E-state index in [1.54, 1.807) is 7.11 Å². The van der Waals surface area contributed by atoms with E-state index in [0.29, 0.717) is 6.61 Å². The Balaban J connectivity index is 1.74. The van der Waals surface area contributed by atoms with Gasteiger partial charge in [-0.2, -0.15) is 0 Å². The highest BCUT2D eigenvalue weighted by Crippen LogP contribution is 2.36. The maximum Gasteiger partial charge on any atom is 0.486 e. The standard InChI is InChI=1S/C19H29BO4/c1-15(22-14-16-9-11-17(21-6)12-10-16)8-7-13-20-23-18(2,3)19(4,5)24-20/h7,9-13,15H,8,14H2,1-6H3/b13-7+/t15-/m1/s1. The fourth-order valence-electron chi connectivity index (χ4n) is 2.38. The molecule has 0 aliphatic carbocycles. The zero-order chi connectivity index (χ0) is 17.8. The molecular weight excluding hydrogens is 303 g/mol. The maximum atomic E-state index is 5.94. The minimum absolute atomic E-state index is 0.130. The molecule has 1 atom stereocenters. The number of methoxy groups -OCH3 is 1. The van der Waals surface area contributed by atoms with Crippen LogP contribution in [0.4, 0.5) is 0 Å². The fraction of sp³-hybridized carbons (Fsp3) is 0.579. The molecule has 24 heavy (non-hydrogen) atoms. The summed E-state index contributed by atoms with van der Waals surface area (Å²) in [5.41, 5.74) is 0.550. The Labute approximate surface area is 146 Å². The Morgan fingerprint density at radius 2 is 1.67 bits per heavy atom. The summed E-state index contributed by atoms with van der Waals surface area (Å²) in [5, 5.41) is 0. The highest BCUT2D eigenvalue weighted by molar-refractivity contribution is 6.51. The Bertz CT molecular complexity index is 535. The van der Waals surface area contributed by atoms with Crippen LogP contribution in [0.25, 0.3) is 0 Å². The van der Waals surface area contributed by atoms with Gasteiger partial charge in [-0.15, -0.1) is 0 Å². The molecule has 0 radical (unpaired) electrons. The number of benzene rings is 1. The van der Waals surface area contributed by atoms with Crippen LogP contribution in [-0.2, 0) is 20.7 Å². The SMILES string of the molecule is COc1ccc(CO[C@H](C)C/C=C/B2OC(C)(C)C(C)(C)O2)cc1. The molecule has 0 saturated carbocycles. The molecule has 1 saturated heterocycles. The van der Waals surface area contributed by atoms with E-state index in [-0.39, 0.29) is 24.4 Å². The van der Waals surface area contributed by atoms with E-state index in [0.717, 1.165) is 17.7 Å². The third kappa shape index (κ3) is 4.85. The van der Waals surface area contributed by atoms with Crippen LogP contribution in [0.15, 0.2) is 36.3 Å². The lowest BCUT2D eigenvalue weighted by atomic mass is 9.89. The Morgan fingerprint density at radius 3 is 2.21 bits per heavy atom. The summed E-state index contributed by atoms with van der Waals surface area (Å²) in [5.74, 6) is 2.83. The summed E-state index contributed by atoms with van der Waals surface area (Å²) < 4.78 is 22.9. The van der Waals surface area contributed by atoms with Crippen molar-refractivity contribution in [2.45, 2.75) is 65.0 Å². The van der Waals surface area contributed by atoms with E-state index >= 15 is 0 Å². The average Bonchev–Trinajstić information content (AvgIpc) is 2.73. The molecule has 1 aromatic rings. The molecule has 1 fully saturated rings. The van der Waals surface area contributed by atoms with Crippen LogP contribution in [0, 0.1) is 0 Å². The van der Waals surface area contributed by atoms with Crippen molar-refractivity contribution < 1.29 is 18.8 Å². The van der Waals surface area contributed by atoms with Gasteiger partial charge in [-0.05, 0) is 58.7 Å². The number of rotatable bonds is 7. The monoisotopic (exact) mass is 332 g/mol. The van der Waals surface area contributed by atoms with Crippen molar-refractivity contribution in [3.63, 3.8) is 0 Å². The van der Waals surface area contributed by atoms with Crippen molar-refractivity contribution in [3.05, 3.63) is 41.9 Å². The Morgan fingerprint density at radius 1 is 1.08 bits per heavy atom. The smallest absolute Gasteiger partial charge is 0.486 e. The van der Waals surface area contributed by atoms with E-state index in [9.17, 15) is 0 Å². The average molecular weight is 332 g/mol. The van der Waals surface area contributed by atoms with E-state index in [4.69, 9.17) is 18.8 Å². The zero-order valence-corrected chi connectivity index (χ0v) is 15.7. The number of hydrogen-bond donors (Lipinski definition) is 0. The predicted molar refractivity (Wildman–Crippen MR) is 97.1 cm³/mol. The van der Waals surface area contributed by atoms with Crippen LogP contribution in [0.2, 0.25) is 0 Å². The van der Waals surface area contributed by atoms with Gasteiger partial charge in [0.15, 0.2) is 0 Å². The quantitative estimate of drug-likeness (QED) is 0.702. The maximum absolute atomic E-state index is 5.94. The van der Waals surface area contributed by atoms with Crippen LogP contribution in [-0.4, -0.2) is 31.5 Å². The van der Waals surface area contributed by atoms with Crippen molar-refractivity contribution in [1.29, 1.82) is 0 Å². The molecule has 4 nitrogen and oxygen atoms in total. The largest absolute Gasteiger partial charge is 0.497 e. The van der Waals surface area contributed by atoms with Gasteiger partial charge in [-0.1, -0.05) is 24.2 Å². The van der Waals surface area contributed by atoms with Crippen LogP contribution < -0.4 is 4.74 Å². The second kappa shape index (κ2) is 7.73. The molecule has 0 aromatic heterocycles. The molecule has 0 spiro atoms. The molecule has 132 valence electrons. The minimum Gasteiger partial charge on any atom is -0.497 e. The molecule has 0 bridgehead atoms. The number of hydrogen-bond acceptors (Lipinski definition) is 4. The van der Waals surface area contributed by atoms with Gasteiger partial charge >= 0.3 is 7.12 Å². The van der Waals surface area contributed by atoms with Crippen molar-refractivity contribution in [2.75, 3.05) is 7.11 Å². The van der Waals surface area contributed by atoms with Gasteiger partial charge in [-0.25, -0.2) is 0 Å². The summed E-state index contributed by atoms with van der Waals surface area (Å²) in [7, 11) is 1.38. The zero-order valence-electron chi connectivity index (χ0n) is 15.7. The van der Waals surface area contributed by atoms with E-state index in [1.807, 2.05) is 30.2 Å². The summed E-state index contributed by atoms with van der Waals surface area (Å²) in [6.45, 7) is 10.9. The summed E-state index contributed by atoms with van der Waals surface area (Å²) in [6, 6.07) is 7.93. The third-order valence-electron chi connectivity index (χ3n) is 4.73. The first-order chi connectivity index (χ1) is 11.2. The van der Waals surface area contributed by atoms with Crippen LogP contribution in [0.1, 0.15) is 46.6 Å². The van der Waals surface area contributed by atoms with E-state index in [2.05, 4.69) is 40.7 Å². The molecule has 0 unspecified atom stereocenters. The number of ether oxygens (including phenoxy) is 2. The van der Waals surface area contributed by atoms with Crippen molar-refractivity contribution in [1.82, 2.24) is 0 Å². The highest BCUT2D eigenvalue weighted by Gasteiger charge is 2.49. The summed E-state index contributed by atoms with van der Waals surface area (Å²) >= 11 is 0. The lowest BCUT2D eigenvalue weighted by Crippen LogP contribution is -2.41. The van der Waals surface area contributed by atoms with E-state index < -0.39 is 0 Å². The van der Waals surface area contributed by atoms with Crippen LogP contribution >= 0.6 is 0 Å². The lowest BCUT2D eigenvalue weighted by Gasteiger charge is -2.32. The second-order valence-electron chi connectivity index (χ2n) is 7.26. The molecule has 2 rings (SSSR count). The van der Waals surface area contributed by atoms with Gasteiger partial charge in [-0.3, -0.25) is 0 Å². The summed E-state index contributed by atoms with van der Waals surface area (Å²) in [4.78, 5) is 0. The molecular formula is C19H29BO4. The first-order valence-corrected chi connectivity index (χ1v) is 8.50.